The van der Waals surface area contributed by atoms with Gasteiger partial charge in [-0.15, -0.1) is 0 Å². The second-order valence-electron chi connectivity index (χ2n) is 4.32. The van der Waals surface area contributed by atoms with Crippen molar-refractivity contribution in [2.24, 2.45) is 0 Å². The normalized spacial score (nSPS) is 25.6. The minimum atomic E-state index is -0.0778. The summed E-state index contributed by atoms with van der Waals surface area (Å²) in [5.41, 5.74) is 0. The van der Waals surface area contributed by atoms with Gasteiger partial charge < -0.3 is 4.74 Å². The van der Waals surface area contributed by atoms with Crippen molar-refractivity contribution < 1.29 is 9.53 Å². The van der Waals surface area contributed by atoms with Crippen LogP contribution in [0.1, 0.15) is 58.3 Å². The van der Waals surface area contributed by atoms with Crippen LogP contribution in [0.5, 0.6) is 0 Å². The number of unbranched alkanes of at least 4 members (excludes halogenated alkanes) is 5. The minimum Gasteiger partial charge on any atom is -0.461 e. The molecule has 1 fully saturated rings. The number of halogens is 1. The summed E-state index contributed by atoms with van der Waals surface area (Å²) in [6.45, 7) is 2.23. The average Bonchev–Trinajstić information content (AvgIpc) is 2.52. The van der Waals surface area contributed by atoms with E-state index >= 15 is 0 Å². The highest BCUT2D eigenvalue weighted by Gasteiger charge is 2.31. The second kappa shape index (κ2) is 7.26. The molecule has 0 radical (unpaired) electrons. The van der Waals surface area contributed by atoms with E-state index in [1.54, 1.807) is 0 Å². The summed E-state index contributed by atoms with van der Waals surface area (Å²) < 4.78 is 5.22. The van der Waals surface area contributed by atoms with Crippen molar-refractivity contribution in [2.45, 2.75) is 69.2 Å². The van der Waals surface area contributed by atoms with Crippen LogP contribution in [-0.4, -0.2) is 16.9 Å². The first-order valence-corrected chi connectivity index (χ1v) is 7.00. The van der Waals surface area contributed by atoms with Gasteiger partial charge in [0.1, 0.15) is 10.9 Å². The Morgan fingerprint density at radius 1 is 1.27 bits per heavy atom. The van der Waals surface area contributed by atoms with E-state index in [0.29, 0.717) is 0 Å². The predicted octanol–water partition coefficient (Wildman–Crippen LogP) is 3.82. The third kappa shape index (κ3) is 5.01. The number of cyclic esters (lactones) is 1. The Hall–Kier alpha value is -0.0500. The number of rotatable bonds is 7. The molecule has 1 heterocycles. The molecule has 3 heteroatoms. The van der Waals surface area contributed by atoms with Crippen molar-refractivity contribution in [2.75, 3.05) is 0 Å². The van der Waals surface area contributed by atoms with Crippen molar-refractivity contribution in [3.8, 4) is 0 Å². The lowest BCUT2D eigenvalue weighted by molar-refractivity contribution is -0.141. The fraction of sp³-hybridized carbons (Fsp3) is 0.917. The van der Waals surface area contributed by atoms with Gasteiger partial charge in [0.15, 0.2) is 0 Å². The fourth-order valence-corrected chi connectivity index (χ4v) is 2.47. The zero-order valence-electron chi connectivity index (χ0n) is 9.51. The molecule has 0 aliphatic carbocycles. The Balaban J connectivity index is 1.95. The number of hydrogen-bond donors (Lipinski definition) is 0. The average molecular weight is 277 g/mol. The third-order valence-electron chi connectivity index (χ3n) is 2.89. The SMILES string of the molecule is CCCCCCCCC1CC(Br)C(=O)O1. The molecular weight excluding hydrogens is 256 g/mol. The topological polar surface area (TPSA) is 26.3 Å². The van der Waals surface area contributed by atoms with Gasteiger partial charge in [0.2, 0.25) is 0 Å². The van der Waals surface area contributed by atoms with Crippen molar-refractivity contribution in [3.63, 3.8) is 0 Å². The first-order valence-electron chi connectivity index (χ1n) is 6.08. The van der Waals surface area contributed by atoms with Crippen molar-refractivity contribution in [3.05, 3.63) is 0 Å². The van der Waals surface area contributed by atoms with Gasteiger partial charge in [-0.3, -0.25) is 4.79 Å². The van der Waals surface area contributed by atoms with Gasteiger partial charge in [-0.2, -0.15) is 0 Å². The molecule has 0 N–H and O–H groups in total. The quantitative estimate of drug-likeness (QED) is 0.402. The van der Waals surface area contributed by atoms with E-state index in [9.17, 15) is 4.79 Å². The number of carbonyl (C=O) groups excluding carboxylic acids is 1. The summed E-state index contributed by atoms with van der Waals surface area (Å²) in [4.78, 5) is 11.0. The number of ether oxygens (including phenoxy) is 1. The van der Waals surface area contributed by atoms with E-state index in [0.717, 1.165) is 12.8 Å². The maximum Gasteiger partial charge on any atom is 0.320 e. The van der Waals surface area contributed by atoms with Gasteiger partial charge in [-0.25, -0.2) is 0 Å². The van der Waals surface area contributed by atoms with Gasteiger partial charge >= 0.3 is 5.97 Å². The molecule has 0 saturated carbocycles. The lowest BCUT2D eigenvalue weighted by atomic mass is 10.1. The minimum absolute atomic E-state index is 0.0532. The monoisotopic (exact) mass is 276 g/mol. The van der Waals surface area contributed by atoms with E-state index < -0.39 is 0 Å². The highest BCUT2D eigenvalue weighted by molar-refractivity contribution is 9.10. The van der Waals surface area contributed by atoms with Crippen molar-refractivity contribution >= 4 is 21.9 Å². The molecule has 0 aromatic rings. The van der Waals surface area contributed by atoms with Crippen LogP contribution in [0.4, 0.5) is 0 Å². The van der Waals surface area contributed by atoms with Crippen LogP contribution in [0, 0.1) is 0 Å². The molecule has 88 valence electrons. The number of hydrogen-bond acceptors (Lipinski definition) is 2. The van der Waals surface area contributed by atoms with Gasteiger partial charge in [-0.1, -0.05) is 55.0 Å². The lowest BCUT2D eigenvalue weighted by Gasteiger charge is -2.07. The number of alkyl halides is 1. The predicted molar refractivity (Wildman–Crippen MR) is 65.2 cm³/mol. The lowest BCUT2D eigenvalue weighted by Crippen LogP contribution is -2.06. The molecule has 1 aliphatic heterocycles. The summed E-state index contributed by atoms with van der Waals surface area (Å²) >= 11 is 3.31. The molecule has 15 heavy (non-hydrogen) atoms. The highest BCUT2D eigenvalue weighted by atomic mass is 79.9. The Labute approximate surface area is 101 Å². The van der Waals surface area contributed by atoms with Crippen molar-refractivity contribution in [1.82, 2.24) is 0 Å². The highest BCUT2D eigenvalue weighted by Crippen LogP contribution is 2.25. The molecule has 2 unspecified atom stereocenters. The molecule has 1 saturated heterocycles. The third-order valence-corrected chi connectivity index (χ3v) is 3.64. The Morgan fingerprint density at radius 2 is 1.93 bits per heavy atom. The first kappa shape index (κ1) is 13.0. The van der Waals surface area contributed by atoms with Crippen LogP contribution in [0.2, 0.25) is 0 Å². The van der Waals surface area contributed by atoms with Gasteiger partial charge in [0.25, 0.3) is 0 Å². The van der Waals surface area contributed by atoms with Crippen LogP contribution in [0.25, 0.3) is 0 Å². The molecule has 0 amide bonds. The second-order valence-corrected chi connectivity index (χ2v) is 5.42. The number of carbonyl (C=O) groups is 1. The van der Waals surface area contributed by atoms with Crippen molar-refractivity contribution in [1.29, 1.82) is 0 Å². The molecule has 0 aromatic carbocycles. The fourth-order valence-electron chi connectivity index (χ4n) is 1.94. The zero-order valence-corrected chi connectivity index (χ0v) is 11.1. The number of esters is 1. The largest absolute Gasteiger partial charge is 0.461 e. The standard InChI is InChI=1S/C12H21BrO2/c1-2-3-4-5-6-7-8-10-9-11(13)12(14)15-10/h10-11H,2-9H2,1H3. The zero-order chi connectivity index (χ0) is 11.1. The summed E-state index contributed by atoms with van der Waals surface area (Å²) in [7, 11) is 0. The molecule has 0 bridgehead atoms. The Kier molecular flexibility index (Phi) is 6.30. The molecule has 1 aliphatic rings. The summed E-state index contributed by atoms with van der Waals surface area (Å²) in [5.74, 6) is -0.0778. The van der Waals surface area contributed by atoms with E-state index in [2.05, 4.69) is 22.9 Å². The maximum atomic E-state index is 11.1. The molecule has 0 aromatic heterocycles. The Morgan fingerprint density at radius 3 is 2.53 bits per heavy atom. The van der Waals surface area contributed by atoms with Gasteiger partial charge in [0, 0.05) is 6.42 Å². The molecule has 0 spiro atoms. The molecular formula is C12H21BrO2. The van der Waals surface area contributed by atoms with Crippen LogP contribution >= 0.6 is 15.9 Å². The van der Waals surface area contributed by atoms with E-state index in [4.69, 9.17) is 4.74 Å². The summed E-state index contributed by atoms with van der Waals surface area (Å²) in [5, 5.41) is 0. The Bertz CT molecular complexity index is 194. The van der Waals surface area contributed by atoms with Crippen LogP contribution in [-0.2, 0) is 9.53 Å². The van der Waals surface area contributed by atoms with Gasteiger partial charge in [-0.05, 0) is 12.8 Å². The molecule has 2 nitrogen and oxygen atoms in total. The molecule has 1 rings (SSSR count). The smallest absolute Gasteiger partial charge is 0.320 e. The van der Waals surface area contributed by atoms with Crippen LogP contribution in [0.15, 0.2) is 0 Å². The van der Waals surface area contributed by atoms with E-state index in [1.807, 2.05) is 0 Å². The summed E-state index contributed by atoms with van der Waals surface area (Å²) in [6, 6.07) is 0. The molecule has 2 atom stereocenters. The maximum absolute atomic E-state index is 11.1. The van der Waals surface area contributed by atoms with E-state index in [-0.39, 0.29) is 16.9 Å². The summed E-state index contributed by atoms with van der Waals surface area (Å²) in [6.07, 6.45) is 9.87. The van der Waals surface area contributed by atoms with E-state index in [1.165, 1.54) is 38.5 Å². The van der Waals surface area contributed by atoms with Gasteiger partial charge in [0.05, 0.1) is 0 Å². The first-order chi connectivity index (χ1) is 7.24. The van der Waals surface area contributed by atoms with Crippen LogP contribution in [0.3, 0.4) is 0 Å². The van der Waals surface area contributed by atoms with Crippen LogP contribution < -0.4 is 0 Å².